The Morgan fingerprint density at radius 3 is 1.50 bits per heavy atom. The molecule has 0 amide bonds. The van der Waals surface area contributed by atoms with Crippen LogP contribution in [0.3, 0.4) is 0 Å². The van der Waals surface area contributed by atoms with Crippen LogP contribution in [0.1, 0.15) is 20.8 Å². The van der Waals surface area contributed by atoms with E-state index in [2.05, 4.69) is 20.8 Å². The zero-order valence-corrected chi connectivity index (χ0v) is 16.2. The van der Waals surface area contributed by atoms with Gasteiger partial charge >= 0.3 is 8.32 Å². The second-order valence-corrected chi connectivity index (χ2v) is 11.6. The maximum atomic E-state index is 13.8. The van der Waals surface area contributed by atoms with Gasteiger partial charge in [-0.1, -0.05) is 81.4 Å². The average molecular weight is 368 g/mol. The van der Waals surface area contributed by atoms with Crippen molar-refractivity contribution < 1.29 is 13.2 Å². The van der Waals surface area contributed by atoms with E-state index in [4.69, 9.17) is 4.43 Å². The van der Waals surface area contributed by atoms with E-state index in [1.165, 1.54) is 12.1 Å². The van der Waals surface area contributed by atoms with Crippen LogP contribution in [0, 0.1) is 11.6 Å². The Bertz CT molecular complexity index is 814. The zero-order valence-electron chi connectivity index (χ0n) is 15.2. The van der Waals surface area contributed by atoms with Gasteiger partial charge in [-0.3, -0.25) is 0 Å². The van der Waals surface area contributed by atoms with Crippen molar-refractivity contribution in [2.75, 3.05) is 0 Å². The summed E-state index contributed by atoms with van der Waals surface area (Å²) in [5.74, 6) is -1.06. The lowest BCUT2D eigenvalue weighted by Gasteiger charge is -2.43. The summed E-state index contributed by atoms with van der Waals surface area (Å²) in [5, 5.41) is 1.85. The van der Waals surface area contributed by atoms with Gasteiger partial charge in [0.15, 0.2) is 0 Å². The van der Waals surface area contributed by atoms with E-state index in [0.717, 1.165) is 16.4 Å². The maximum Gasteiger partial charge on any atom is 0.319 e. The highest BCUT2D eigenvalue weighted by atomic mass is 28.4. The Morgan fingerprint density at radius 1 is 0.692 bits per heavy atom. The maximum absolute atomic E-state index is 13.8. The van der Waals surface area contributed by atoms with Gasteiger partial charge in [-0.15, -0.1) is 0 Å². The molecule has 134 valence electrons. The first-order valence-electron chi connectivity index (χ1n) is 8.59. The summed E-state index contributed by atoms with van der Waals surface area (Å²) in [7, 11) is -2.87. The van der Waals surface area contributed by atoms with Gasteiger partial charge in [-0.25, -0.2) is 8.78 Å². The second-order valence-electron chi connectivity index (χ2n) is 7.37. The quantitative estimate of drug-likeness (QED) is 0.595. The van der Waals surface area contributed by atoms with Crippen molar-refractivity contribution in [3.8, 4) is 5.75 Å². The molecule has 26 heavy (non-hydrogen) atoms. The smallest absolute Gasteiger partial charge is 0.319 e. The van der Waals surface area contributed by atoms with E-state index in [0.29, 0.717) is 0 Å². The molecule has 0 aliphatic heterocycles. The van der Waals surface area contributed by atoms with Gasteiger partial charge in [0.25, 0.3) is 0 Å². The van der Waals surface area contributed by atoms with Crippen LogP contribution >= 0.6 is 0 Å². The molecule has 0 heterocycles. The van der Waals surface area contributed by atoms with E-state index in [9.17, 15) is 8.78 Å². The summed E-state index contributed by atoms with van der Waals surface area (Å²) in [5.41, 5.74) is 0. The third kappa shape index (κ3) is 3.42. The fourth-order valence-electron chi connectivity index (χ4n) is 3.41. The number of hydrogen-bond donors (Lipinski definition) is 0. The molecule has 0 radical (unpaired) electrons. The molecule has 0 aromatic heterocycles. The predicted octanol–water partition coefficient (Wildman–Crippen LogP) is 4.90. The van der Waals surface area contributed by atoms with E-state index in [-0.39, 0.29) is 10.8 Å². The summed E-state index contributed by atoms with van der Waals surface area (Å²) in [6.45, 7) is 6.36. The average Bonchev–Trinajstić information content (AvgIpc) is 2.59. The number of benzene rings is 3. The van der Waals surface area contributed by atoms with Crippen molar-refractivity contribution in [3.63, 3.8) is 0 Å². The van der Waals surface area contributed by atoms with E-state index in [1.807, 2.05) is 60.7 Å². The third-order valence-corrected chi connectivity index (χ3v) is 9.47. The van der Waals surface area contributed by atoms with E-state index >= 15 is 0 Å². The zero-order chi connectivity index (χ0) is 18.8. The lowest BCUT2D eigenvalue weighted by atomic mass is 10.2. The molecule has 0 bridgehead atoms. The molecule has 0 aliphatic rings. The van der Waals surface area contributed by atoms with Crippen LogP contribution in [-0.4, -0.2) is 8.32 Å². The van der Waals surface area contributed by atoms with Gasteiger partial charge in [0, 0.05) is 18.2 Å². The van der Waals surface area contributed by atoms with Gasteiger partial charge in [-0.2, -0.15) is 0 Å². The molecule has 3 aromatic carbocycles. The molecule has 0 saturated heterocycles. The number of halogens is 2. The van der Waals surface area contributed by atoms with Gasteiger partial charge in [-0.05, 0) is 15.4 Å². The van der Waals surface area contributed by atoms with Gasteiger partial charge < -0.3 is 4.43 Å². The summed E-state index contributed by atoms with van der Waals surface area (Å²) in [6, 6.07) is 23.3. The minimum Gasteiger partial charge on any atom is -0.534 e. The van der Waals surface area contributed by atoms with Crippen molar-refractivity contribution in [2.45, 2.75) is 25.8 Å². The van der Waals surface area contributed by atoms with Crippen molar-refractivity contribution in [3.05, 3.63) is 90.5 Å². The Hall–Kier alpha value is -2.46. The molecular weight excluding hydrogens is 346 g/mol. The third-order valence-electron chi connectivity index (χ3n) is 4.52. The van der Waals surface area contributed by atoms with Crippen LogP contribution in [0.2, 0.25) is 5.04 Å². The lowest BCUT2D eigenvalue weighted by molar-refractivity contribution is 0.493. The fourth-order valence-corrected chi connectivity index (χ4v) is 7.82. The summed E-state index contributed by atoms with van der Waals surface area (Å²) in [6.07, 6.45) is 0. The Kier molecular flexibility index (Phi) is 4.96. The summed E-state index contributed by atoms with van der Waals surface area (Å²) in [4.78, 5) is 0. The molecule has 0 fully saturated rings. The molecule has 0 spiro atoms. The highest BCUT2D eigenvalue weighted by molar-refractivity contribution is 7.00. The van der Waals surface area contributed by atoms with Crippen LogP contribution in [0.15, 0.2) is 78.9 Å². The standard InChI is InChI=1S/C22H22F2OSi/c1-22(2,3)26(20-10-6-4-7-11-20,21-12-8-5-9-13-21)25-19-15-17(23)14-18(24)16-19/h4-16H,1-3H3. The molecular formula is C22H22F2OSi. The topological polar surface area (TPSA) is 9.23 Å². The van der Waals surface area contributed by atoms with Crippen LogP contribution in [0.4, 0.5) is 8.78 Å². The molecule has 0 unspecified atom stereocenters. The van der Waals surface area contributed by atoms with E-state index in [1.54, 1.807) is 0 Å². The van der Waals surface area contributed by atoms with Crippen molar-refractivity contribution >= 4 is 18.7 Å². The first kappa shape index (κ1) is 18.3. The Balaban J connectivity index is 2.27. The fraction of sp³-hybridized carbons (Fsp3) is 0.182. The highest BCUT2D eigenvalue weighted by Crippen LogP contribution is 2.37. The van der Waals surface area contributed by atoms with Crippen LogP contribution in [0.25, 0.3) is 0 Å². The highest BCUT2D eigenvalue weighted by Gasteiger charge is 2.52. The summed E-state index contributed by atoms with van der Waals surface area (Å²) >= 11 is 0. The van der Waals surface area contributed by atoms with Crippen molar-refractivity contribution in [2.24, 2.45) is 0 Å². The summed E-state index contributed by atoms with van der Waals surface area (Å²) < 4.78 is 34.2. The van der Waals surface area contributed by atoms with Crippen LogP contribution in [0.5, 0.6) is 5.75 Å². The number of rotatable bonds is 4. The van der Waals surface area contributed by atoms with Gasteiger partial charge in [0.1, 0.15) is 17.4 Å². The van der Waals surface area contributed by atoms with Crippen LogP contribution in [-0.2, 0) is 0 Å². The Labute approximate surface area is 154 Å². The Morgan fingerprint density at radius 2 is 1.12 bits per heavy atom. The molecule has 0 saturated carbocycles. The first-order chi connectivity index (χ1) is 12.3. The largest absolute Gasteiger partial charge is 0.534 e. The lowest BCUT2D eigenvalue weighted by Crippen LogP contribution is -2.68. The molecule has 0 aliphatic carbocycles. The monoisotopic (exact) mass is 368 g/mol. The van der Waals surface area contributed by atoms with Crippen molar-refractivity contribution in [1.29, 1.82) is 0 Å². The molecule has 4 heteroatoms. The van der Waals surface area contributed by atoms with Crippen LogP contribution < -0.4 is 14.8 Å². The number of hydrogen-bond acceptors (Lipinski definition) is 1. The van der Waals surface area contributed by atoms with Crippen molar-refractivity contribution in [1.82, 2.24) is 0 Å². The molecule has 1 nitrogen and oxygen atoms in total. The normalized spacial score (nSPS) is 12.0. The second kappa shape index (κ2) is 7.04. The molecule has 3 aromatic rings. The SMILES string of the molecule is CC(C)(C)[Si](Oc1cc(F)cc(F)c1)(c1ccccc1)c1ccccc1. The van der Waals surface area contributed by atoms with E-state index < -0.39 is 20.0 Å². The predicted molar refractivity (Wildman–Crippen MR) is 105 cm³/mol. The van der Waals surface area contributed by atoms with Gasteiger partial charge in [0.05, 0.1) is 0 Å². The minimum absolute atomic E-state index is 0.219. The minimum atomic E-state index is -2.87. The molecule has 0 atom stereocenters. The molecule has 0 N–H and O–H groups in total. The first-order valence-corrected chi connectivity index (χ1v) is 10.5. The van der Waals surface area contributed by atoms with Gasteiger partial charge in [0.2, 0.25) is 0 Å². The molecule has 3 rings (SSSR count).